The molecule has 0 aliphatic rings. The molecule has 0 radical (unpaired) electrons. The zero-order chi connectivity index (χ0) is 18.4. The van der Waals surface area contributed by atoms with Gasteiger partial charge in [0.05, 0.1) is 11.6 Å². The zero-order valence-corrected chi connectivity index (χ0v) is 15.5. The lowest BCUT2D eigenvalue weighted by Crippen LogP contribution is -2.12. The van der Waals surface area contributed by atoms with Crippen LogP contribution >= 0.6 is 15.9 Å². The number of primary amides is 1. The van der Waals surface area contributed by atoms with E-state index in [0.29, 0.717) is 28.1 Å². The molecule has 0 aliphatic heterocycles. The van der Waals surface area contributed by atoms with E-state index in [1.807, 2.05) is 31.2 Å². The number of methoxy groups -OCH3 is 1. The molecule has 2 rings (SSSR count). The van der Waals surface area contributed by atoms with Crippen molar-refractivity contribution in [1.29, 1.82) is 5.26 Å². The van der Waals surface area contributed by atoms with Crippen LogP contribution in [0.1, 0.15) is 16.7 Å². The highest BCUT2D eigenvalue weighted by atomic mass is 79.9. The minimum atomic E-state index is -0.780. The van der Waals surface area contributed by atoms with E-state index in [-0.39, 0.29) is 5.57 Å². The predicted molar refractivity (Wildman–Crippen MR) is 99.0 cm³/mol. The molecule has 128 valence electrons. The Kier molecular flexibility index (Phi) is 6.20. The van der Waals surface area contributed by atoms with E-state index in [1.165, 1.54) is 13.2 Å². The lowest BCUT2D eigenvalue weighted by Gasteiger charge is -2.14. The third-order valence-electron chi connectivity index (χ3n) is 3.58. The fourth-order valence-corrected chi connectivity index (χ4v) is 2.78. The van der Waals surface area contributed by atoms with E-state index in [1.54, 1.807) is 18.2 Å². The Morgan fingerprint density at radius 3 is 2.68 bits per heavy atom. The number of rotatable bonds is 6. The van der Waals surface area contributed by atoms with Crippen molar-refractivity contribution in [2.45, 2.75) is 13.5 Å². The lowest BCUT2D eigenvalue weighted by molar-refractivity contribution is -0.114. The average Bonchev–Trinajstić information content (AvgIpc) is 2.59. The van der Waals surface area contributed by atoms with E-state index in [9.17, 15) is 4.79 Å². The van der Waals surface area contributed by atoms with Gasteiger partial charge in [-0.2, -0.15) is 5.26 Å². The molecule has 0 heterocycles. The molecular formula is C19H17BrN2O3. The molecule has 25 heavy (non-hydrogen) atoms. The SMILES string of the molecule is COc1cc(/C=C(/C#N)C(N)=O)cc(Br)c1OCc1ccccc1C. The number of hydrogen-bond donors (Lipinski definition) is 1. The average molecular weight is 401 g/mol. The van der Waals surface area contributed by atoms with Crippen molar-refractivity contribution in [2.24, 2.45) is 5.73 Å². The van der Waals surface area contributed by atoms with E-state index in [2.05, 4.69) is 15.9 Å². The maximum absolute atomic E-state index is 11.2. The van der Waals surface area contributed by atoms with Gasteiger partial charge >= 0.3 is 0 Å². The highest BCUT2D eigenvalue weighted by Gasteiger charge is 2.13. The van der Waals surface area contributed by atoms with E-state index in [4.69, 9.17) is 20.5 Å². The van der Waals surface area contributed by atoms with Crippen molar-refractivity contribution < 1.29 is 14.3 Å². The first kappa shape index (κ1) is 18.6. The van der Waals surface area contributed by atoms with Gasteiger partial charge < -0.3 is 15.2 Å². The van der Waals surface area contributed by atoms with Crippen molar-refractivity contribution in [3.05, 3.63) is 63.1 Å². The summed E-state index contributed by atoms with van der Waals surface area (Å²) in [7, 11) is 1.52. The van der Waals surface area contributed by atoms with Crippen LogP contribution in [0.4, 0.5) is 0 Å². The number of nitrogens with zero attached hydrogens (tertiary/aromatic N) is 1. The standard InChI is InChI=1S/C19H17BrN2O3/c1-12-5-3-4-6-14(12)11-25-18-16(20)8-13(9-17(18)24-2)7-15(10-21)19(22)23/h3-9H,11H2,1-2H3,(H2,22,23)/b15-7-. The van der Waals surface area contributed by atoms with Crippen LogP contribution in [0, 0.1) is 18.3 Å². The molecule has 5 nitrogen and oxygen atoms in total. The fraction of sp³-hybridized carbons (Fsp3) is 0.158. The molecule has 0 saturated carbocycles. The molecule has 0 saturated heterocycles. The predicted octanol–water partition coefficient (Wildman–Crippen LogP) is 3.74. The molecule has 2 N–H and O–H groups in total. The topological polar surface area (TPSA) is 85.3 Å². The van der Waals surface area contributed by atoms with Gasteiger partial charge in [-0.3, -0.25) is 4.79 Å². The molecule has 2 aromatic carbocycles. The third-order valence-corrected chi connectivity index (χ3v) is 4.17. The van der Waals surface area contributed by atoms with Crippen LogP contribution in [0.25, 0.3) is 6.08 Å². The molecule has 2 aromatic rings. The van der Waals surface area contributed by atoms with Crippen LogP contribution in [0.5, 0.6) is 11.5 Å². The van der Waals surface area contributed by atoms with Crippen LogP contribution < -0.4 is 15.2 Å². The summed E-state index contributed by atoms with van der Waals surface area (Å²) in [6, 6.07) is 13.1. The molecule has 0 bridgehead atoms. The van der Waals surface area contributed by atoms with E-state index < -0.39 is 5.91 Å². The van der Waals surface area contributed by atoms with Crippen molar-refractivity contribution in [1.82, 2.24) is 0 Å². The second-order valence-corrected chi connectivity index (χ2v) is 6.14. The summed E-state index contributed by atoms with van der Waals surface area (Å²) in [5, 5.41) is 8.96. The molecule has 0 aliphatic carbocycles. The largest absolute Gasteiger partial charge is 0.493 e. The second-order valence-electron chi connectivity index (χ2n) is 5.28. The monoisotopic (exact) mass is 400 g/mol. The first-order valence-electron chi connectivity index (χ1n) is 7.42. The molecule has 0 spiro atoms. The quantitative estimate of drug-likeness (QED) is 0.590. The maximum Gasteiger partial charge on any atom is 0.259 e. The Morgan fingerprint density at radius 1 is 1.36 bits per heavy atom. The van der Waals surface area contributed by atoms with Crippen molar-refractivity contribution >= 4 is 27.9 Å². The molecule has 6 heteroatoms. The molecule has 1 amide bonds. The van der Waals surface area contributed by atoms with E-state index in [0.717, 1.165) is 11.1 Å². The summed E-state index contributed by atoms with van der Waals surface area (Å²) in [5.41, 5.74) is 7.83. The minimum Gasteiger partial charge on any atom is -0.493 e. The van der Waals surface area contributed by atoms with Gasteiger partial charge in [0.1, 0.15) is 18.2 Å². The number of aryl methyl sites for hydroxylation is 1. The van der Waals surface area contributed by atoms with Gasteiger partial charge in [-0.25, -0.2) is 0 Å². The second kappa shape index (κ2) is 8.36. The van der Waals surface area contributed by atoms with E-state index >= 15 is 0 Å². The van der Waals surface area contributed by atoms with Crippen LogP contribution in [0.3, 0.4) is 0 Å². The number of nitrogens with two attached hydrogens (primary N) is 1. The van der Waals surface area contributed by atoms with Crippen molar-refractivity contribution in [3.8, 4) is 17.6 Å². The summed E-state index contributed by atoms with van der Waals surface area (Å²) in [6.45, 7) is 2.41. The zero-order valence-electron chi connectivity index (χ0n) is 13.9. The normalized spacial score (nSPS) is 10.9. The number of amides is 1. The highest BCUT2D eigenvalue weighted by Crippen LogP contribution is 2.37. The van der Waals surface area contributed by atoms with Crippen molar-refractivity contribution in [3.63, 3.8) is 0 Å². The number of hydrogen-bond acceptors (Lipinski definition) is 4. The fourth-order valence-electron chi connectivity index (χ4n) is 2.21. The van der Waals surface area contributed by atoms with Crippen LogP contribution in [-0.4, -0.2) is 13.0 Å². The Hall–Kier alpha value is -2.78. The van der Waals surface area contributed by atoms with Gasteiger partial charge in [0.25, 0.3) is 5.91 Å². The summed E-state index contributed by atoms with van der Waals surface area (Å²) in [5.74, 6) is 0.244. The first-order chi connectivity index (χ1) is 12.0. The number of nitriles is 1. The smallest absolute Gasteiger partial charge is 0.259 e. The summed E-state index contributed by atoms with van der Waals surface area (Å²) < 4.78 is 11.9. The van der Waals surface area contributed by atoms with Gasteiger partial charge in [-0.1, -0.05) is 24.3 Å². The Morgan fingerprint density at radius 2 is 2.08 bits per heavy atom. The molecule has 0 aromatic heterocycles. The molecular weight excluding hydrogens is 384 g/mol. The van der Waals surface area contributed by atoms with Gasteiger partial charge in [0.15, 0.2) is 11.5 Å². The van der Waals surface area contributed by atoms with Crippen LogP contribution in [0.15, 0.2) is 46.4 Å². The van der Waals surface area contributed by atoms with Crippen LogP contribution in [-0.2, 0) is 11.4 Å². The first-order valence-corrected chi connectivity index (χ1v) is 8.22. The number of carbonyl (C=O) groups excluding carboxylic acids is 1. The Balaban J connectivity index is 2.33. The maximum atomic E-state index is 11.2. The molecule has 0 unspecified atom stereocenters. The lowest BCUT2D eigenvalue weighted by atomic mass is 10.1. The number of benzene rings is 2. The number of carbonyl (C=O) groups is 1. The van der Waals surface area contributed by atoms with Gasteiger partial charge in [0.2, 0.25) is 0 Å². The van der Waals surface area contributed by atoms with Crippen molar-refractivity contribution in [2.75, 3.05) is 7.11 Å². The van der Waals surface area contributed by atoms with Gasteiger partial charge in [0, 0.05) is 0 Å². The number of ether oxygens (including phenoxy) is 2. The minimum absolute atomic E-state index is 0.137. The molecule has 0 atom stereocenters. The molecule has 0 fully saturated rings. The van der Waals surface area contributed by atoms with Crippen LogP contribution in [0.2, 0.25) is 0 Å². The Labute approximate surface area is 154 Å². The third kappa shape index (κ3) is 4.61. The van der Waals surface area contributed by atoms with Gasteiger partial charge in [-0.05, 0) is 57.8 Å². The number of halogens is 1. The summed E-state index contributed by atoms with van der Waals surface area (Å²) in [4.78, 5) is 11.2. The van der Waals surface area contributed by atoms with Gasteiger partial charge in [-0.15, -0.1) is 0 Å². The summed E-state index contributed by atoms with van der Waals surface area (Å²) >= 11 is 3.45. The highest BCUT2D eigenvalue weighted by molar-refractivity contribution is 9.10. The Bertz CT molecular complexity index is 869. The summed E-state index contributed by atoms with van der Waals surface area (Å²) in [6.07, 6.45) is 1.40.